The quantitative estimate of drug-likeness (QED) is 0.313. The SMILES string of the molecule is COc1ccccc1OC(CCCCC(Oc1ccccc1OC)C(=O)Cl)C(=O)Cl. The zero-order valence-corrected chi connectivity index (χ0v) is 18.3. The van der Waals surface area contributed by atoms with Crippen molar-refractivity contribution in [3.8, 4) is 23.0 Å². The summed E-state index contributed by atoms with van der Waals surface area (Å²) in [7, 11) is 3.04. The standard InChI is InChI=1S/C22H24Cl2O6/c1-27-15-9-3-5-11-17(15)29-19(21(23)25)13-7-8-14-20(22(24)26)30-18-12-6-4-10-16(18)28-2/h3-6,9-12,19-20H,7-8,13-14H2,1-2H3. The zero-order chi connectivity index (χ0) is 21.9. The first-order valence-electron chi connectivity index (χ1n) is 9.44. The molecular weight excluding hydrogens is 431 g/mol. The molecule has 2 unspecified atom stereocenters. The minimum absolute atomic E-state index is 0.373. The minimum atomic E-state index is -0.830. The van der Waals surface area contributed by atoms with Crippen LogP contribution >= 0.6 is 23.2 Å². The van der Waals surface area contributed by atoms with Crippen molar-refractivity contribution in [3.05, 3.63) is 48.5 Å². The van der Waals surface area contributed by atoms with Crippen molar-refractivity contribution in [2.24, 2.45) is 0 Å². The number of benzene rings is 2. The van der Waals surface area contributed by atoms with Crippen LogP contribution in [0.25, 0.3) is 0 Å². The Morgan fingerprint density at radius 1 is 0.700 bits per heavy atom. The summed E-state index contributed by atoms with van der Waals surface area (Å²) in [5.41, 5.74) is 0. The highest BCUT2D eigenvalue weighted by Crippen LogP contribution is 2.30. The van der Waals surface area contributed by atoms with Gasteiger partial charge in [-0.1, -0.05) is 24.3 Å². The summed E-state index contributed by atoms with van der Waals surface area (Å²) in [4.78, 5) is 23.6. The Hall–Kier alpha value is -2.44. The number of rotatable bonds is 13. The lowest BCUT2D eigenvalue weighted by Gasteiger charge is -2.19. The van der Waals surface area contributed by atoms with Crippen molar-refractivity contribution in [1.82, 2.24) is 0 Å². The number of carbonyl (C=O) groups is 2. The van der Waals surface area contributed by atoms with Gasteiger partial charge in [-0.05, 0) is 73.2 Å². The average molecular weight is 455 g/mol. The van der Waals surface area contributed by atoms with Gasteiger partial charge in [0.2, 0.25) is 0 Å². The van der Waals surface area contributed by atoms with E-state index in [1.165, 1.54) is 14.2 Å². The molecule has 8 heteroatoms. The molecule has 0 heterocycles. The van der Waals surface area contributed by atoms with Crippen LogP contribution in [-0.4, -0.2) is 36.9 Å². The van der Waals surface area contributed by atoms with Crippen LogP contribution in [0, 0.1) is 0 Å². The van der Waals surface area contributed by atoms with Crippen LogP contribution in [0.15, 0.2) is 48.5 Å². The van der Waals surface area contributed by atoms with E-state index in [-0.39, 0.29) is 0 Å². The van der Waals surface area contributed by atoms with Gasteiger partial charge in [0.15, 0.2) is 35.2 Å². The number of carbonyl (C=O) groups excluding carboxylic acids is 2. The molecule has 0 N–H and O–H groups in total. The van der Waals surface area contributed by atoms with E-state index in [4.69, 9.17) is 42.1 Å². The van der Waals surface area contributed by atoms with Crippen LogP contribution in [0.4, 0.5) is 0 Å². The highest BCUT2D eigenvalue weighted by atomic mass is 35.5. The summed E-state index contributed by atoms with van der Waals surface area (Å²) in [6.07, 6.45) is 0.241. The molecule has 2 aromatic carbocycles. The molecule has 0 fully saturated rings. The maximum absolute atomic E-state index is 11.8. The molecule has 2 rings (SSSR count). The number of ether oxygens (including phenoxy) is 4. The van der Waals surface area contributed by atoms with Gasteiger partial charge < -0.3 is 18.9 Å². The van der Waals surface area contributed by atoms with E-state index in [1.54, 1.807) is 48.5 Å². The van der Waals surface area contributed by atoms with Gasteiger partial charge in [-0.3, -0.25) is 9.59 Å². The fourth-order valence-electron chi connectivity index (χ4n) is 2.84. The molecule has 0 amide bonds. The van der Waals surface area contributed by atoms with Gasteiger partial charge in [0, 0.05) is 0 Å². The van der Waals surface area contributed by atoms with Crippen molar-refractivity contribution >= 4 is 33.7 Å². The van der Waals surface area contributed by atoms with Gasteiger partial charge in [0.25, 0.3) is 10.5 Å². The lowest BCUT2D eigenvalue weighted by molar-refractivity contribution is -0.119. The summed E-state index contributed by atoms with van der Waals surface area (Å²) in [6, 6.07) is 14.0. The Balaban J connectivity index is 1.90. The molecule has 0 bridgehead atoms. The first-order valence-corrected chi connectivity index (χ1v) is 10.2. The molecule has 2 atom stereocenters. The summed E-state index contributed by atoms with van der Waals surface area (Å²) < 4.78 is 21.9. The number of halogens is 2. The van der Waals surface area contributed by atoms with Gasteiger partial charge in [-0.25, -0.2) is 0 Å². The van der Waals surface area contributed by atoms with E-state index in [0.29, 0.717) is 48.7 Å². The van der Waals surface area contributed by atoms with Crippen LogP contribution in [0.5, 0.6) is 23.0 Å². The normalized spacial score (nSPS) is 12.5. The van der Waals surface area contributed by atoms with Gasteiger partial charge in [-0.2, -0.15) is 0 Å². The average Bonchev–Trinajstić information content (AvgIpc) is 2.75. The molecule has 0 aliphatic heterocycles. The summed E-state index contributed by atoms with van der Waals surface area (Å²) in [5, 5.41) is -1.20. The Labute approximate surface area is 186 Å². The van der Waals surface area contributed by atoms with E-state index < -0.39 is 22.7 Å². The Morgan fingerprint density at radius 3 is 1.33 bits per heavy atom. The van der Waals surface area contributed by atoms with E-state index in [1.807, 2.05) is 0 Å². The number of hydrogen-bond donors (Lipinski definition) is 0. The van der Waals surface area contributed by atoms with Crippen LogP contribution in [-0.2, 0) is 9.59 Å². The van der Waals surface area contributed by atoms with Crippen LogP contribution in [0.2, 0.25) is 0 Å². The second kappa shape index (κ2) is 12.3. The molecule has 0 radical (unpaired) electrons. The molecule has 162 valence electrons. The third-order valence-electron chi connectivity index (χ3n) is 4.37. The number of para-hydroxylation sites is 4. The van der Waals surface area contributed by atoms with Crippen molar-refractivity contribution < 1.29 is 28.5 Å². The fraction of sp³-hybridized carbons (Fsp3) is 0.364. The van der Waals surface area contributed by atoms with Crippen LogP contribution < -0.4 is 18.9 Å². The Bertz CT molecular complexity index is 772. The molecule has 0 aliphatic rings. The molecule has 0 aromatic heterocycles. The fourth-order valence-corrected chi connectivity index (χ4v) is 3.14. The van der Waals surface area contributed by atoms with Gasteiger partial charge in [0.1, 0.15) is 0 Å². The van der Waals surface area contributed by atoms with Gasteiger partial charge in [-0.15, -0.1) is 0 Å². The van der Waals surface area contributed by atoms with Crippen LogP contribution in [0.1, 0.15) is 25.7 Å². The third kappa shape index (κ3) is 7.11. The lowest BCUT2D eigenvalue weighted by atomic mass is 10.1. The Morgan fingerprint density at radius 2 is 1.03 bits per heavy atom. The maximum Gasteiger partial charge on any atom is 0.262 e. The second-order valence-electron chi connectivity index (χ2n) is 6.41. The van der Waals surface area contributed by atoms with Crippen molar-refractivity contribution in [2.75, 3.05) is 14.2 Å². The van der Waals surface area contributed by atoms with Crippen molar-refractivity contribution in [2.45, 2.75) is 37.9 Å². The molecular formula is C22H24Cl2O6. The third-order valence-corrected chi connectivity index (χ3v) is 4.85. The predicted octanol–water partition coefficient (Wildman–Crippen LogP) is 4.99. The predicted molar refractivity (Wildman–Crippen MR) is 115 cm³/mol. The summed E-state index contributed by atoms with van der Waals surface area (Å²) in [6.45, 7) is 0. The largest absolute Gasteiger partial charge is 0.493 e. The smallest absolute Gasteiger partial charge is 0.262 e. The number of hydrogen-bond acceptors (Lipinski definition) is 6. The van der Waals surface area contributed by atoms with Crippen molar-refractivity contribution in [3.63, 3.8) is 0 Å². The zero-order valence-electron chi connectivity index (χ0n) is 16.8. The Kier molecular flexibility index (Phi) is 9.77. The topological polar surface area (TPSA) is 71.1 Å². The first kappa shape index (κ1) is 23.8. The van der Waals surface area contributed by atoms with Crippen molar-refractivity contribution in [1.29, 1.82) is 0 Å². The highest BCUT2D eigenvalue weighted by molar-refractivity contribution is 6.64. The minimum Gasteiger partial charge on any atom is -0.493 e. The first-order chi connectivity index (χ1) is 14.5. The number of methoxy groups -OCH3 is 2. The molecule has 0 aliphatic carbocycles. The number of unbranched alkanes of at least 4 members (excludes halogenated alkanes) is 1. The second-order valence-corrected chi connectivity index (χ2v) is 7.15. The molecule has 0 spiro atoms. The van der Waals surface area contributed by atoms with Gasteiger partial charge in [0.05, 0.1) is 14.2 Å². The molecule has 30 heavy (non-hydrogen) atoms. The van der Waals surface area contributed by atoms with E-state index in [0.717, 1.165) is 0 Å². The molecule has 6 nitrogen and oxygen atoms in total. The van der Waals surface area contributed by atoms with E-state index in [9.17, 15) is 9.59 Å². The molecule has 0 saturated heterocycles. The van der Waals surface area contributed by atoms with Gasteiger partial charge >= 0.3 is 0 Å². The van der Waals surface area contributed by atoms with E-state index in [2.05, 4.69) is 0 Å². The molecule has 0 saturated carbocycles. The van der Waals surface area contributed by atoms with Crippen LogP contribution in [0.3, 0.4) is 0 Å². The summed E-state index contributed by atoms with van der Waals surface area (Å²) in [5.74, 6) is 1.90. The maximum atomic E-state index is 11.8. The monoisotopic (exact) mass is 454 g/mol. The summed E-state index contributed by atoms with van der Waals surface area (Å²) >= 11 is 11.4. The van der Waals surface area contributed by atoms with E-state index >= 15 is 0 Å². The lowest BCUT2D eigenvalue weighted by Crippen LogP contribution is -2.25. The highest BCUT2D eigenvalue weighted by Gasteiger charge is 2.22. The molecule has 2 aromatic rings.